The molecular weight excluding hydrogens is 352 g/mol. The third kappa shape index (κ3) is 5.73. The number of nitrogens with zero attached hydrogens (tertiary/aromatic N) is 1. The average Bonchev–Trinajstić information content (AvgIpc) is 2.67. The number of para-hydroxylation sites is 1. The second-order valence-electron chi connectivity index (χ2n) is 6.16. The van der Waals surface area contributed by atoms with Gasteiger partial charge in [0.2, 0.25) is 5.91 Å². The van der Waals surface area contributed by atoms with Crippen LogP contribution in [0.5, 0.6) is 5.75 Å². The van der Waals surface area contributed by atoms with Gasteiger partial charge in [-0.15, -0.1) is 0 Å². The number of ether oxygens (including phenoxy) is 2. The van der Waals surface area contributed by atoms with E-state index in [2.05, 4.69) is 10.2 Å². The molecule has 0 aromatic heterocycles. The van der Waals surface area contributed by atoms with Crippen LogP contribution in [0.2, 0.25) is 5.02 Å². The van der Waals surface area contributed by atoms with Crippen LogP contribution in [0.3, 0.4) is 0 Å². The van der Waals surface area contributed by atoms with Crippen LogP contribution in [0, 0.1) is 0 Å². The molecule has 0 spiro atoms. The number of hydrogen-bond acceptors (Lipinski definition) is 4. The Balaban J connectivity index is 1.39. The van der Waals surface area contributed by atoms with Crippen LogP contribution in [0.15, 0.2) is 54.6 Å². The van der Waals surface area contributed by atoms with E-state index in [1.54, 1.807) is 0 Å². The van der Waals surface area contributed by atoms with Crippen LogP contribution in [0.1, 0.15) is 11.7 Å². The maximum absolute atomic E-state index is 12.1. The standard InChI is InChI=1S/C20H23ClN2O3/c21-17-8-6-16(7-9-17)19-14-23(11-13-26-19)15-20(24)22-10-12-25-18-4-2-1-3-5-18/h1-9,19H,10-15H2,(H,22,24). The summed E-state index contributed by atoms with van der Waals surface area (Å²) in [5.41, 5.74) is 1.08. The van der Waals surface area contributed by atoms with Gasteiger partial charge in [-0.3, -0.25) is 9.69 Å². The summed E-state index contributed by atoms with van der Waals surface area (Å²) in [5, 5.41) is 3.61. The first-order valence-corrected chi connectivity index (χ1v) is 9.12. The highest BCUT2D eigenvalue weighted by molar-refractivity contribution is 6.30. The van der Waals surface area contributed by atoms with Crippen LogP contribution in [0.4, 0.5) is 0 Å². The Hall–Kier alpha value is -2.08. The zero-order valence-electron chi connectivity index (χ0n) is 14.6. The highest BCUT2D eigenvalue weighted by atomic mass is 35.5. The molecule has 1 heterocycles. The predicted octanol–water partition coefficient (Wildman–Crippen LogP) is 2.91. The molecule has 1 atom stereocenters. The van der Waals surface area contributed by atoms with Crippen molar-refractivity contribution in [1.29, 1.82) is 0 Å². The van der Waals surface area contributed by atoms with E-state index in [4.69, 9.17) is 21.1 Å². The van der Waals surface area contributed by atoms with Gasteiger partial charge in [0.15, 0.2) is 0 Å². The lowest BCUT2D eigenvalue weighted by molar-refractivity contribution is -0.124. The second kappa shape index (κ2) is 9.57. The zero-order chi connectivity index (χ0) is 18.2. The summed E-state index contributed by atoms with van der Waals surface area (Å²) >= 11 is 5.93. The van der Waals surface area contributed by atoms with E-state index in [9.17, 15) is 4.79 Å². The fourth-order valence-electron chi connectivity index (χ4n) is 2.86. The summed E-state index contributed by atoms with van der Waals surface area (Å²) in [4.78, 5) is 14.3. The molecule has 1 unspecified atom stereocenters. The molecule has 1 aliphatic rings. The van der Waals surface area contributed by atoms with Gasteiger partial charge in [-0.2, -0.15) is 0 Å². The summed E-state index contributed by atoms with van der Waals surface area (Å²) < 4.78 is 11.4. The van der Waals surface area contributed by atoms with Gasteiger partial charge in [-0.05, 0) is 29.8 Å². The molecule has 0 radical (unpaired) electrons. The van der Waals surface area contributed by atoms with Crippen molar-refractivity contribution in [2.75, 3.05) is 39.4 Å². The van der Waals surface area contributed by atoms with Gasteiger partial charge >= 0.3 is 0 Å². The Morgan fingerprint density at radius 3 is 2.73 bits per heavy atom. The summed E-state index contributed by atoms with van der Waals surface area (Å²) in [6, 6.07) is 17.2. The lowest BCUT2D eigenvalue weighted by Crippen LogP contribution is -2.44. The molecule has 138 valence electrons. The molecule has 1 saturated heterocycles. The second-order valence-corrected chi connectivity index (χ2v) is 6.59. The quantitative estimate of drug-likeness (QED) is 0.757. The molecule has 1 N–H and O–H groups in total. The van der Waals surface area contributed by atoms with E-state index >= 15 is 0 Å². The van der Waals surface area contributed by atoms with E-state index in [1.807, 2.05) is 54.6 Å². The lowest BCUT2D eigenvalue weighted by Gasteiger charge is -2.32. The molecule has 6 heteroatoms. The van der Waals surface area contributed by atoms with Crippen LogP contribution >= 0.6 is 11.6 Å². The fourth-order valence-corrected chi connectivity index (χ4v) is 2.99. The number of halogens is 1. The van der Waals surface area contributed by atoms with Gasteiger partial charge in [0.25, 0.3) is 0 Å². The van der Waals surface area contributed by atoms with Crippen molar-refractivity contribution in [2.24, 2.45) is 0 Å². The third-order valence-corrected chi connectivity index (χ3v) is 4.45. The molecule has 3 rings (SSSR count). The molecule has 1 fully saturated rings. The van der Waals surface area contributed by atoms with Crippen LogP contribution in [-0.4, -0.2) is 50.2 Å². The first kappa shape index (κ1) is 18.7. The summed E-state index contributed by atoms with van der Waals surface area (Å²) in [6.07, 6.45) is -0.0322. The van der Waals surface area contributed by atoms with E-state index in [0.717, 1.165) is 17.9 Å². The van der Waals surface area contributed by atoms with Crippen molar-refractivity contribution >= 4 is 17.5 Å². The monoisotopic (exact) mass is 374 g/mol. The van der Waals surface area contributed by atoms with Crippen molar-refractivity contribution in [2.45, 2.75) is 6.10 Å². The topological polar surface area (TPSA) is 50.8 Å². The molecule has 0 bridgehead atoms. The molecule has 0 aliphatic carbocycles. The number of rotatable bonds is 7. The number of carbonyl (C=O) groups is 1. The van der Waals surface area contributed by atoms with Crippen LogP contribution < -0.4 is 10.1 Å². The van der Waals surface area contributed by atoms with Crippen LogP contribution in [-0.2, 0) is 9.53 Å². The number of nitrogens with one attached hydrogen (secondary N) is 1. The lowest BCUT2D eigenvalue weighted by atomic mass is 10.1. The van der Waals surface area contributed by atoms with Gasteiger partial charge < -0.3 is 14.8 Å². The first-order chi connectivity index (χ1) is 12.7. The highest BCUT2D eigenvalue weighted by Crippen LogP contribution is 2.23. The molecule has 1 amide bonds. The van der Waals surface area contributed by atoms with Crippen molar-refractivity contribution in [1.82, 2.24) is 10.2 Å². The molecule has 1 aliphatic heterocycles. The van der Waals surface area contributed by atoms with E-state index in [0.29, 0.717) is 37.9 Å². The molecule has 2 aromatic carbocycles. The minimum atomic E-state index is -0.0322. The normalized spacial score (nSPS) is 17.7. The predicted molar refractivity (Wildman–Crippen MR) is 102 cm³/mol. The van der Waals surface area contributed by atoms with Gasteiger partial charge in [0.05, 0.1) is 25.8 Å². The van der Waals surface area contributed by atoms with Gasteiger partial charge in [-0.25, -0.2) is 0 Å². The van der Waals surface area contributed by atoms with Gasteiger partial charge in [0, 0.05) is 18.1 Å². The van der Waals surface area contributed by atoms with E-state index in [1.165, 1.54) is 0 Å². The van der Waals surface area contributed by atoms with Crippen LogP contribution in [0.25, 0.3) is 0 Å². The summed E-state index contributed by atoms with van der Waals surface area (Å²) in [7, 11) is 0. The number of hydrogen-bond donors (Lipinski definition) is 1. The third-order valence-electron chi connectivity index (χ3n) is 4.20. The Labute approximate surface area is 158 Å². The summed E-state index contributed by atoms with van der Waals surface area (Å²) in [6.45, 7) is 3.34. The van der Waals surface area contributed by atoms with E-state index < -0.39 is 0 Å². The van der Waals surface area contributed by atoms with Gasteiger partial charge in [-0.1, -0.05) is 41.9 Å². The molecule has 2 aromatic rings. The maximum atomic E-state index is 12.1. The maximum Gasteiger partial charge on any atom is 0.234 e. The Morgan fingerprint density at radius 2 is 1.96 bits per heavy atom. The number of benzene rings is 2. The SMILES string of the molecule is O=C(CN1CCOC(c2ccc(Cl)cc2)C1)NCCOc1ccccc1. The van der Waals surface area contributed by atoms with Crippen molar-refractivity contribution in [3.63, 3.8) is 0 Å². The van der Waals surface area contributed by atoms with Crippen molar-refractivity contribution in [3.8, 4) is 5.75 Å². The number of morpholine rings is 1. The Kier molecular flexibility index (Phi) is 6.89. The van der Waals surface area contributed by atoms with E-state index in [-0.39, 0.29) is 12.0 Å². The highest BCUT2D eigenvalue weighted by Gasteiger charge is 2.23. The molecular formula is C20H23ClN2O3. The molecule has 0 saturated carbocycles. The minimum absolute atomic E-state index is 0.00146. The first-order valence-electron chi connectivity index (χ1n) is 8.75. The fraction of sp³-hybridized carbons (Fsp3) is 0.350. The van der Waals surface area contributed by atoms with Crippen molar-refractivity contribution < 1.29 is 14.3 Å². The zero-order valence-corrected chi connectivity index (χ0v) is 15.3. The van der Waals surface area contributed by atoms with Gasteiger partial charge in [0.1, 0.15) is 12.4 Å². The van der Waals surface area contributed by atoms with Crippen molar-refractivity contribution in [3.05, 3.63) is 65.2 Å². The Bertz CT molecular complexity index is 694. The average molecular weight is 375 g/mol. The largest absolute Gasteiger partial charge is 0.492 e. The smallest absolute Gasteiger partial charge is 0.234 e. The minimum Gasteiger partial charge on any atom is -0.492 e. The molecule has 5 nitrogen and oxygen atoms in total. The number of carbonyl (C=O) groups excluding carboxylic acids is 1. The summed E-state index contributed by atoms with van der Waals surface area (Å²) in [5.74, 6) is 0.805. The Morgan fingerprint density at radius 1 is 1.19 bits per heavy atom. The number of amides is 1. The molecule has 26 heavy (non-hydrogen) atoms.